The van der Waals surface area contributed by atoms with Crippen LogP contribution < -0.4 is 9.88 Å². The number of thiophene rings is 1. The first-order chi connectivity index (χ1) is 9.34. The quantitative estimate of drug-likeness (QED) is 0.689. The molecule has 0 radical (unpaired) electrons. The summed E-state index contributed by atoms with van der Waals surface area (Å²) in [6, 6.07) is 11.3. The van der Waals surface area contributed by atoms with E-state index in [2.05, 4.69) is 10.3 Å². The van der Waals surface area contributed by atoms with Gasteiger partial charge in [-0.1, -0.05) is 18.2 Å². The number of para-hydroxylation sites is 2. The SMILES string of the molecule is O=C1C(c2cccs2)Nc2cnc3ccccc3[n+]21. The van der Waals surface area contributed by atoms with Crippen molar-refractivity contribution in [2.75, 3.05) is 5.32 Å². The highest BCUT2D eigenvalue weighted by Crippen LogP contribution is 2.27. The lowest BCUT2D eigenvalue weighted by molar-refractivity contribution is -0.524. The molecule has 1 N–H and O–H groups in total. The van der Waals surface area contributed by atoms with Crippen molar-refractivity contribution in [2.45, 2.75) is 6.04 Å². The average molecular weight is 268 g/mol. The summed E-state index contributed by atoms with van der Waals surface area (Å²) in [7, 11) is 0. The second-order valence-electron chi connectivity index (χ2n) is 4.40. The third-order valence-corrected chi connectivity index (χ3v) is 4.21. The molecule has 0 bridgehead atoms. The first-order valence-electron chi connectivity index (χ1n) is 5.98. The maximum Gasteiger partial charge on any atom is 0.365 e. The highest BCUT2D eigenvalue weighted by atomic mass is 32.1. The number of aromatic nitrogens is 2. The Morgan fingerprint density at radius 3 is 2.95 bits per heavy atom. The summed E-state index contributed by atoms with van der Waals surface area (Å²) >= 11 is 1.58. The second-order valence-corrected chi connectivity index (χ2v) is 5.38. The molecule has 1 aliphatic rings. The van der Waals surface area contributed by atoms with E-state index in [4.69, 9.17) is 0 Å². The molecule has 0 amide bonds. The van der Waals surface area contributed by atoms with Crippen LogP contribution in [0.25, 0.3) is 11.0 Å². The van der Waals surface area contributed by atoms with Crippen molar-refractivity contribution in [3.8, 4) is 0 Å². The van der Waals surface area contributed by atoms with Gasteiger partial charge in [-0.25, -0.2) is 9.78 Å². The molecule has 0 aliphatic carbocycles. The lowest BCUT2D eigenvalue weighted by Crippen LogP contribution is -2.41. The average Bonchev–Trinajstić information content (AvgIpc) is 3.06. The molecule has 4 rings (SSSR count). The van der Waals surface area contributed by atoms with Gasteiger partial charge in [0.1, 0.15) is 11.7 Å². The van der Waals surface area contributed by atoms with Crippen LogP contribution in [0.1, 0.15) is 15.7 Å². The van der Waals surface area contributed by atoms with Crippen LogP contribution in [0.5, 0.6) is 0 Å². The fourth-order valence-electron chi connectivity index (χ4n) is 2.41. The number of hydrogen-bond donors (Lipinski definition) is 1. The van der Waals surface area contributed by atoms with Crippen LogP contribution in [-0.4, -0.2) is 10.9 Å². The van der Waals surface area contributed by atoms with E-state index in [1.54, 1.807) is 22.1 Å². The topological polar surface area (TPSA) is 45.9 Å². The maximum absolute atomic E-state index is 12.6. The number of hydrogen-bond acceptors (Lipinski definition) is 4. The summed E-state index contributed by atoms with van der Waals surface area (Å²) in [6.45, 7) is 0. The van der Waals surface area contributed by atoms with Gasteiger partial charge in [-0.2, -0.15) is 4.57 Å². The first kappa shape index (κ1) is 10.6. The van der Waals surface area contributed by atoms with E-state index >= 15 is 0 Å². The predicted molar refractivity (Wildman–Crippen MR) is 73.2 cm³/mol. The van der Waals surface area contributed by atoms with E-state index in [0.29, 0.717) is 0 Å². The molecule has 0 saturated carbocycles. The Morgan fingerprint density at radius 1 is 1.21 bits per heavy atom. The van der Waals surface area contributed by atoms with Crippen LogP contribution in [0, 0.1) is 0 Å². The number of rotatable bonds is 1. The maximum atomic E-state index is 12.6. The summed E-state index contributed by atoms with van der Waals surface area (Å²) in [5.41, 5.74) is 1.67. The van der Waals surface area contributed by atoms with Crippen molar-refractivity contribution in [2.24, 2.45) is 0 Å². The standard InChI is InChI=1S/C14H9N3OS/c18-14-13(11-6-3-7-19-11)16-12-8-15-9-4-1-2-5-10(9)17(12)14/h1-8,13H/p+1. The van der Waals surface area contributed by atoms with Crippen molar-refractivity contribution in [1.82, 2.24) is 4.98 Å². The summed E-state index contributed by atoms with van der Waals surface area (Å²) in [5, 5.41) is 5.22. The zero-order valence-corrected chi connectivity index (χ0v) is 10.7. The van der Waals surface area contributed by atoms with E-state index in [0.717, 1.165) is 21.7 Å². The molecule has 1 aromatic carbocycles. The number of carbonyl (C=O) groups excluding carboxylic acids is 1. The summed E-state index contributed by atoms with van der Waals surface area (Å²) in [6.07, 6.45) is 1.72. The predicted octanol–water partition coefficient (Wildman–Crippen LogP) is 2.39. The molecule has 1 unspecified atom stereocenters. The zero-order chi connectivity index (χ0) is 12.8. The monoisotopic (exact) mass is 268 g/mol. The number of anilines is 1. The number of benzene rings is 1. The van der Waals surface area contributed by atoms with Crippen LogP contribution >= 0.6 is 11.3 Å². The lowest BCUT2D eigenvalue weighted by atomic mass is 10.2. The van der Waals surface area contributed by atoms with Gasteiger partial charge >= 0.3 is 11.7 Å². The van der Waals surface area contributed by atoms with Gasteiger partial charge in [0.2, 0.25) is 6.04 Å². The number of carbonyl (C=O) groups is 1. The Labute approximate surface area is 113 Å². The van der Waals surface area contributed by atoms with E-state index in [1.165, 1.54) is 0 Å². The van der Waals surface area contributed by atoms with Gasteiger partial charge < -0.3 is 0 Å². The molecular weight excluding hydrogens is 258 g/mol. The Kier molecular flexibility index (Phi) is 2.16. The van der Waals surface area contributed by atoms with Crippen LogP contribution in [0.15, 0.2) is 48.0 Å². The molecule has 3 heterocycles. The summed E-state index contributed by atoms with van der Waals surface area (Å²) < 4.78 is 1.72. The number of nitrogens with one attached hydrogen (secondary N) is 1. The van der Waals surface area contributed by atoms with Gasteiger partial charge in [-0.05, 0) is 23.6 Å². The third kappa shape index (κ3) is 1.48. The van der Waals surface area contributed by atoms with Crippen molar-refractivity contribution in [1.29, 1.82) is 0 Å². The van der Waals surface area contributed by atoms with E-state index < -0.39 is 0 Å². The fraction of sp³-hybridized carbons (Fsp3) is 0.0714. The Balaban J connectivity index is 1.92. The molecule has 0 saturated heterocycles. The molecule has 1 atom stereocenters. The van der Waals surface area contributed by atoms with Gasteiger partial charge in [-0.15, -0.1) is 11.3 Å². The van der Waals surface area contributed by atoms with Crippen LogP contribution in [-0.2, 0) is 0 Å². The van der Waals surface area contributed by atoms with Crippen molar-refractivity contribution >= 4 is 34.1 Å². The van der Waals surface area contributed by atoms with Gasteiger partial charge in [0.15, 0.2) is 5.52 Å². The van der Waals surface area contributed by atoms with Crippen molar-refractivity contribution < 1.29 is 9.36 Å². The van der Waals surface area contributed by atoms with Gasteiger partial charge in [0.05, 0.1) is 4.88 Å². The van der Waals surface area contributed by atoms with E-state index in [9.17, 15) is 4.79 Å². The largest absolute Gasteiger partial charge is 0.365 e. The molecule has 92 valence electrons. The summed E-state index contributed by atoms with van der Waals surface area (Å²) in [4.78, 5) is 18.0. The molecule has 1 aliphatic heterocycles. The van der Waals surface area contributed by atoms with E-state index in [1.807, 2.05) is 41.8 Å². The Morgan fingerprint density at radius 2 is 2.11 bits per heavy atom. The highest BCUT2D eigenvalue weighted by Gasteiger charge is 2.41. The van der Waals surface area contributed by atoms with E-state index in [-0.39, 0.29) is 11.9 Å². The second kappa shape index (κ2) is 3.86. The normalized spacial score (nSPS) is 17.5. The molecule has 5 heteroatoms. The Bertz CT molecular complexity index is 782. The van der Waals surface area contributed by atoms with Gasteiger partial charge in [0, 0.05) is 0 Å². The molecule has 19 heavy (non-hydrogen) atoms. The lowest BCUT2D eigenvalue weighted by Gasteiger charge is -1.98. The number of fused-ring (bicyclic) bond motifs is 3. The third-order valence-electron chi connectivity index (χ3n) is 3.28. The first-order valence-corrected chi connectivity index (χ1v) is 6.86. The molecule has 0 fully saturated rings. The zero-order valence-electron chi connectivity index (χ0n) is 9.91. The van der Waals surface area contributed by atoms with Crippen LogP contribution in [0.4, 0.5) is 5.82 Å². The molecule has 4 nitrogen and oxygen atoms in total. The number of nitrogens with zero attached hydrogens (tertiary/aromatic N) is 2. The van der Waals surface area contributed by atoms with Crippen LogP contribution in [0.3, 0.4) is 0 Å². The fourth-order valence-corrected chi connectivity index (χ4v) is 3.17. The minimum Gasteiger partial charge on any atom is -0.254 e. The molecule has 3 aromatic rings. The van der Waals surface area contributed by atoms with Crippen LogP contribution in [0.2, 0.25) is 0 Å². The molecule has 0 spiro atoms. The van der Waals surface area contributed by atoms with Crippen molar-refractivity contribution in [3.05, 3.63) is 52.9 Å². The Hall–Kier alpha value is -2.27. The van der Waals surface area contributed by atoms with Gasteiger partial charge in [-0.3, -0.25) is 5.32 Å². The minimum atomic E-state index is -0.299. The molecule has 2 aromatic heterocycles. The smallest absolute Gasteiger partial charge is 0.254 e. The summed E-state index contributed by atoms with van der Waals surface area (Å²) in [5.74, 6) is 0.804. The highest BCUT2D eigenvalue weighted by molar-refractivity contribution is 7.10. The molecular formula is C14H10N3OS+. The van der Waals surface area contributed by atoms with Crippen molar-refractivity contribution in [3.63, 3.8) is 0 Å². The van der Waals surface area contributed by atoms with Gasteiger partial charge in [0.25, 0.3) is 0 Å². The minimum absolute atomic E-state index is 0.0519.